The summed E-state index contributed by atoms with van der Waals surface area (Å²) in [5.41, 5.74) is 5.00. The van der Waals surface area contributed by atoms with Gasteiger partial charge in [0.15, 0.2) is 5.65 Å². The number of pyridine rings is 1. The number of nitrogens with zero attached hydrogens (tertiary/aromatic N) is 5. The summed E-state index contributed by atoms with van der Waals surface area (Å²) >= 11 is 0. The Morgan fingerprint density at radius 2 is 1.84 bits per heavy atom. The number of rotatable bonds is 2. The first-order valence-corrected chi connectivity index (χ1v) is 8.81. The van der Waals surface area contributed by atoms with E-state index in [0.717, 1.165) is 47.2 Å². The number of aryl methyl sites for hydroxylation is 2. The molecule has 4 rings (SSSR count). The number of imidazole rings is 1. The quantitative estimate of drug-likeness (QED) is 0.779. The number of aromatic nitrogens is 4. The molecule has 130 valence electrons. The van der Waals surface area contributed by atoms with Crippen molar-refractivity contribution in [1.29, 1.82) is 0 Å². The molecule has 1 aliphatic rings. The molecule has 1 aliphatic heterocycles. The monoisotopic (exact) mass is 336 g/mol. The predicted octanol–water partition coefficient (Wildman–Crippen LogP) is 2.59. The van der Waals surface area contributed by atoms with E-state index >= 15 is 0 Å². The van der Waals surface area contributed by atoms with Crippen molar-refractivity contribution in [3.05, 3.63) is 41.9 Å². The van der Waals surface area contributed by atoms with Gasteiger partial charge in [-0.3, -0.25) is 4.98 Å². The molecule has 1 N–H and O–H groups in total. The van der Waals surface area contributed by atoms with Crippen molar-refractivity contribution in [1.82, 2.24) is 24.9 Å². The van der Waals surface area contributed by atoms with Gasteiger partial charge in [0.25, 0.3) is 0 Å². The van der Waals surface area contributed by atoms with Gasteiger partial charge >= 0.3 is 0 Å². The summed E-state index contributed by atoms with van der Waals surface area (Å²) in [6, 6.07) is 9.14. The van der Waals surface area contributed by atoms with Crippen LogP contribution in [0.1, 0.15) is 25.2 Å². The van der Waals surface area contributed by atoms with Crippen LogP contribution in [0, 0.1) is 13.8 Å². The molecular weight excluding hydrogens is 312 g/mol. The zero-order chi connectivity index (χ0) is 17.6. The van der Waals surface area contributed by atoms with Crippen LogP contribution in [-0.4, -0.2) is 44.8 Å². The van der Waals surface area contributed by atoms with Crippen LogP contribution < -0.4 is 10.2 Å². The molecule has 1 saturated heterocycles. The molecule has 6 heteroatoms. The Morgan fingerprint density at radius 3 is 2.56 bits per heavy atom. The highest BCUT2D eigenvalue weighted by Crippen LogP contribution is 2.26. The zero-order valence-corrected chi connectivity index (χ0v) is 15.2. The Morgan fingerprint density at radius 1 is 1.08 bits per heavy atom. The van der Waals surface area contributed by atoms with Crippen molar-refractivity contribution < 1.29 is 0 Å². The van der Waals surface area contributed by atoms with Crippen LogP contribution >= 0.6 is 0 Å². The lowest BCUT2D eigenvalue weighted by Gasteiger charge is -2.36. The fourth-order valence-electron chi connectivity index (χ4n) is 3.74. The van der Waals surface area contributed by atoms with Gasteiger partial charge < -0.3 is 10.2 Å². The Bertz CT molecular complexity index is 905. The summed E-state index contributed by atoms with van der Waals surface area (Å²) in [5, 5.41) is 8.49. The molecule has 0 amide bonds. The maximum Gasteiger partial charge on any atom is 0.154 e. The molecule has 0 radical (unpaired) electrons. The van der Waals surface area contributed by atoms with Crippen LogP contribution in [0.5, 0.6) is 0 Å². The summed E-state index contributed by atoms with van der Waals surface area (Å²) in [4.78, 5) is 11.3. The van der Waals surface area contributed by atoms with Gasteiger partial charge in [0.2, 0.25) is 0 Å². The van der Waals surface area contributed by atoms with E-state index in [-0.39, 0.29) is 0 Å². The first-order chi connectivity index (χ1) is 12.0. The lowest BCUT2D eigenvalue weighted by Crippen LogP contribution is -2.54. The van der Waals surface area contributed by atoms with Gasteiger partial charge in [0.05, 0.1) is 11.4 Å². The minimum atomic E-state index is 0.452. The molecular formula is C19H24N6. The molecule has 3 aromatic heterocycles. The maximum atomic E-state index is 4.93. The average Bonchev–Trinajstić information content (AvgIpc) is 2.88. The van der Waals surface area contributed by atoms with Crippen molar-refractivity contribution in [2.75, 3.05) is 18.0 Å². The zero-order valence-electron chi connectivity index (χ0n) is 15.2. The Balaban J connectivity index is 1.81. The van der Waals surface area contributed by atoms with E-state index in [0.29, 0.717) is 12.1 Å². The molecule has 0 bridgehead atoms. The molecule has 3 aromatic rings. The van der Waals surface area contributed by atoms with Crippen molar-refractivity contribution in [3.8, 4) is 11.3 Å². The lowest BCUT2D eigenvalue weighted by molar-refractivity contribution is 0.404. The van der Waals surface area contributed by atoms with E-state index in [1.165, 1.54) is 0 Å². The molecule has 0 aromatic carbocycles. The smallest absolute Gasteiger partial charge is 0.154 e. The largest absolute Gasteiger partial charge is 0.352 e. The second-order valence-electron chi connectivity index (χ2n) is 7.07. The van der Waals surface area contributed by atoms with E-state index in [1.54, 1.807) is 0 Å². The number of anilines is 1. The van der Waals surface area contributed by atoms with Crippen LogP contribution in [0.3, 0.4) is 0 Å². The van der Waals surface area contributed by atoms with Crippen LogP contribution in [0.4, 0.5) is 5.82 Å². The number of hydrogen-bond donors (Lipinski definition) is 1. The Labute approximate surface area is 147 Å². The van der Waals surface area contributed by atoms with Gasteiger partial charge in [-0.05, 0) is 52.0 Å². The van der Waals surface area contributed by atoms with Gasteiger partial charge in [-0.15, -0.1) is 5.10 Å². The topological polar surface area (TPSA) is 58.4 Å². The standard InChI is InChI=1S/C19H24N6/c1-12-9-16(7-8-20-12)19-15(4)22-17-5-6-18(23-25(17)19)24-10-13(2)21-14(3)11-24/h5-9,13-14,21H,10-11H2,1-4H3. The van der Waals surface area contributed by atoms with E-state index in [9.17, 15) is 0 Å². The third-order valence-corrected chi connectivity index (χ3v) is 4.69. The summed E-state index contributed by atoms with van der Waals surface area (Å²) in [5.74, 6) is 0.997. The second-order valence-corrected chi connectivity index (χ2v) is 7.07. The van der Waals surface area contributed by atoms with E-state index < -0.39 is 0 Å². The van der Waals surface area contributed by atoms with Crippen molar-refractivity contribution in [2.24, 2.45) is 0 Å². The normalized spacial score (nSPS) is 21.0. The maximum absolute atomic E-state index is 4.93. The third kappa shape index (κ3) is 2.98. The van der Waals surface area contributed by atoms with Crippen LogP contribution in [0.2, 0.25) is 0 Å². The SMILES string of the molecule is Cc1cc(-c2c(C)nc3ccc(N4CC(C)NC(C)C4)nn23)ccn1. The second kappa shape index (κ2) is 6.11. The molecule has 6 nitrogen and oxygen atoms in total. The molecule has 4 heterocycles. The number of piperazine rings is 1. The minimum Gasteiger partial charge on any atom is -0.352 e. The Hall–Kier alpha value is -2.47. The molecule has 1 fully saturated rings. The molecule has 2 unspecified atom stereocenters. The van der Waals surface area contributed by atoms with E-state index in [1.807, 2.05) is 30.6 Å². The molecule has 0 spiro atoms. The van der Waals surface area contributed by atoms with E-state index in [2.05, 4.69) is 52.2 Å². The van der Waals surface area contributed by atoms with Crippen LogP contribution in [0.15, 0.2) is 30.5 Å². The highest BCUT2D eigenvalue weighted by molar-refractivity contribution is 5.67. The fraction of sp³-hybridized carbons (Fsp3) is 0.421. The average molecular weight is 336 g/mol. The fourth-order valence-corrected chi connectivity index (χ4v) is 3.74. The summed E-state index contributed by atoms with van der Waals surface area (Å²) in [6.07, 6.45) is 1.84. The van der Waals surface area contributed by atoms with Crippen LogP contribution in [0.25, 0.3) is 16.9 Å². The third-order valence-electron chi connectivity index (χ3n) is 4.69. The first kappa shape index (κ1) is 16.0. The van der Waals surface area contributed by atoms with Crippen molar-refractivity contribution in [3.63, 3.8) is 0 Å². The van der Waals surface area contributed by atoms with Gasteiger partial charge in [-0.25, -0.2) is 9.50 Å². The predicted molar refractivity (Wildman–Crippen MR) is 100.0 cm³/mol. The van der Waals surface area contributed by atoms with Gasteiger partial charge in [-0.2, -0.15) is 0 Å². The first-order valence-electron chi connectivity index (χ1n) is 8.81. The summed E-state index contributed by atoms with van der Waals surface area (Å²) in [7, 11) is 0. The van der Waals surface area contributed by atoms with Gasteiger partial charge in [-0.1, -0.05) is 0 Å². The number of fused-ring (bicyclic) bond motifs is 1. The highest BCUT2D eigenvalue weighted by atomic mass is 15.4. The molecule has 25 heavy (non-hydrogen) atoms. The van der Waals surface area contributed by atoms with Crippen molar-refractivity contribution >= 4 is 11.5 Å². The molecule has 0 saturated carbocycles. The number of hydrogen-bond acceptors (Lipinski definition) is 5. The lowest BCUT2D eigenvalue weighted by atomic mass is 10.1. The summed E-state index contributed by atoms with van der Waals surface area (Å²) in [6.45, 7) is 10.4. The number of nitrogens with one attached hydrogen (secondary N) is 1. The molecule has 0 aliphatic carbocycles. The minimum absolute atomic E-state index is 0.452. The van der Waals surface area contributed by atoms with Gasteiger partial charge in [0, 0.05) is 42.6 Å². The van der Waals surface area contributed by atoms with Gasteiger partial charge in [0.1, 0.15) is 5.82 Å². The van der Waals surface area contributed by atoms with Crippen LogP contribution in [-0.2, 0) is 0 Å². The van der Waals surface area contributed by atoms with E-state index in [4.69, 9.17) is 5.10 Å². The Kier molecular flexibility index (Phi) is 3.92. The summed E-state index contributed by atoms with van der Waals surface area (Å²) < 4.78 is 1.97. The highest BCUT2D eigenvalue weighted by Gasteiger charge is 2.23. The molecule has 2 atom stereocenters. The van der Waals surface area contributed by atoms with Crippen molar-refractivity contribution in [2.45, 2.75) is 39.8 Å².